The molecule has 1 unspecified atom stereocenters. The SMILES string of the molecule is O=C(c1cscn1)N1CCCC(CCl)C1. The highest BCUT2D eigenvalue weighted by molar-refractivity contribution is 7.07. The minimum absolute atomic E-state index is 0.0473. The maximum atomic E-state index is 11.9. The van der Waals surface area contributed by atoms with Crippen LogP contribution in [-0.4, -0.2) is 34.8 Å². The van der Waals surface area contributed by atoms with Crippen LogP contribution in [0, 0.1) is 5.92 Å². The van der Waals surface area contributed by atoms with Gasteiger partial charge in [0, 0.05) is 24.3 Å². The lowest BCUT2D eigenvalue weighted by Gasteiger charge is -2.31. The third-order valence-corrected chi connectivity index (χ3v) is 3.70. The van der Waals surface area contributed by atoms with E-state index in [1.54, 1.807) is 10.9 Å². The van der Waals surface area contributed by atoms with Gasteiger partial charge in [0.15, 0.2) is 0 Å². The zero-order valence-electron chi connectivity index (χ0n) is 8.36. The van der Waals surface area contributed by atoms with Gasteiger partial charge in [0.1, 0.15) is 5.69 Å². The quantitative estimate of drug-likeness (QED) is 0.748. The minimum atomic E-state index is 0.0473. The Labute approximate surface area is 98.1 Å². The van der Waals surface area contributed by atoms with E-state index >= 15 is 0 Å². The number of hydrogen-bond donors (Lipinski definition) is 0. The van der Waals surface area contributed by atoms with Crippen LogP contribution < -0.4 is 0 Å². The molecule has 0 bridgehead atoms. The summed E-state index contributed by atoms with van der Waals surface area (Å²) >= 11 is 7.28. The summed E-state index contributed by atoms with van der Waals surface area (Å²) < 4.78 is 0. The Kier molecular flexibility index (Phi) is 3.59. The van der Waals surface area contributed by atoms with Crippen LogP contribution in [0.3, 0.4) is 0 Å². The molecule has 0 saturated carbocycles. The molecule has 0 N–H and O–H groups in total. The first-order valence-corrected chi connectivity index (χ1v) is 6.52. The fourth-order valence-electron chi connectivity index (χ4n) is 1.86. The minimum Gasteiger partial charge on any atom is -0.337 e. The number of amides is 1. The average Bonchev–Trinajstić information content (AvgIpc) is 2.81. The molecule has 0 aromatic carbocycles. The molecule has 0 spiro atoms. The van der Waals surface area contributed by atoms with Crippen LogP contribution in [0.15, 0.2) is 10.9 Å². The molecule has 2 rings (SSSR count). The molecule has 1 aromatic rings. The van der Waals surface area contributed by atoms with Crippen molar-refractivity contribution in [2.45, 2.75) is 12.8 Å². The third kappa shape index (κ3) is 2.49. The predicted molar refractivity (Wildman–Crippen MR) is 61.5 cm³/mol. The highest BCUT2D eigenvalue weighted by atomic mass is 35.5. The van der Waals surface area contributed by atoms with Crippen molar-refractivity contribution in [3.63, 3.8) is 0 Å². The lowest BCUT2D eigenvalue weighted by atomic mass is 10.00. The van der Waals surface area contributed by atoms with Crippen molar-refractivity contribution in [3.05, 3.63) is 16.6 Å². The molecule has 0 radical (unpaired) electrons. The van der Waals surface area contributed by atoms with Crippen LogP contribution in [0.5, 0.6) is 0 Å². The molecule has 1 aromatic heterocycles. The van der Waals surface area contributed by atoms with E-state index < -0.39 is 0 Å². The summed E-state index contributed by atoms with van der Waals surface area (Å²) in [5.74, 6) is 1.13. The fourth-order valence-corrected chi connectivity index (χ4v) is 2.63. The molecule has 15 heavy (non-hydrogen) atoms. The van der Waals surface area contributed by atoms with Crippen LogP contribution in [0.4, 0.5) is 0 Å². The smallest absolute Gasteiger partial charge is 0.273 e. The van der Waals surface area contributed by atoms with Gasteiger partial charge in [0.2, 0.25) is 0 Å². The standard InChI is InChI=1S/C10H13ClN2OS/c11-4-8-2-1-3-13(5-8)10(14)9-6-15-7-12-9/h6-8H,1-5H2. The number of carbonyl (C=O) groups excluding carboxylic acids is 1. The Balaban J connectivity index is 2.01. The van der Waals surface area contributed by atoms with Crippen LogP contribution in [0.1, 0.15) is 23.3 Å². The predicted octanol–water partition coefficient (Wildman–Crippen LogP) is 2.23. The Morgan fingerprint density at radius 3 is 3.27 bits per heavy atom. The van der Waals surface area contributed by atoms with Gasteiger partial charge in [-0.25, -0.2) is 4.98 Å². The molecule has 5 heteroatoms. The largest absolute Gasteiger partial charge is 0.337 e. The van der Waals surface area contributed by atoms with E-state index in [2.05, 4.69) is 4.98 Å². The van der Waals surface area contributed by atoms with E-state index in [1.807, 2.05) is 4.90 Å². The molecular formula is C10H13ClN2OS. The van der Waals surface area contributed by atoms with Crippen molar-refractivity contribution in [1.29, 1.82) is 0 Å². The summed E-state index contributed by atoms with van der Waals surface area (Å²) in [6.07, 6.45) is 2.18. The topological polar surface area (TPSA) is 33.2 Å². The van der Waals surface area contributed by atoms with Gasteiger partial charge < -0.3 is 4.90 Å². The highest BCUT2D eigenvalue weighted by Crippen LogP contribution is 2.19. The molecule has 0 aliphatic carbocycles. The summed E-state index contributed by atoms with van der Waals surface area (Å²) in [6, 6.07) is 0. The van der Waals surface area contributed by atoms with Gasteiger partial charge in [0.05, 0.1) is 5.51 Å². The van der Waals surface area contributed by atoms with Crippen LogP contribution in [-0.2, 0) is 0 Å². The Hall–Kier alpha value is -0.610. The van der Waals surface area contributed by atoms with Gasteiger partial charge in [-0.3, -0.25) is 4.79 Å². The Morgan fingerprint density at radius 1 is 1.73 bits per heavy atom. The van der Waals surface area contributed by atoms with Gasteiger partial charge >= 0.3 is 0 Å². The van der Waals surface area contributed by atoms with E-state index in [4.69, 9.17) is 11.6 Å². The molecule has 1 amide bonds. The Morgan fingerprint density at radius 2 is 2.60 bits per heavy atom. The second kappa shape index (κ2) is 4.94. The molecule has 3 nitrogen and oxygen atoms in total. The molecule has 1 atom stereocenters. The number of thiazole rings is 1. The summed E-state index contributed by atoms with van der Waals surface area (Å²) in [6.45, 7) is 1.61. The monoisotopic (exact) mass is 244 g/mol. The summed E-state index contributed by atoms with van der Waals surface area (Å²) in [4.78, 5) is 17.9. The lowest BCUT2D eigenvalue weighted by Crippen LogP contribution is -2.40. The summed E-state index contributed by atoms with van der Waals surface area (Å²) in [5, 5.41) is 1.80. The van der Waals surface area contributed by atoms with Gasteiger partial charge in [-0.2, -0.15) is 0 Å². The van der Waals surface area contributed by atoms with Crippen LogP contribution in [0.25, 0.3) is 0 Å². The molecule has 2 heterocycles. The van der Waals surface area contributed by atoms with Gasteiger partial charge in [-0.05, 0) is 18.8 Å². The van der Waals surface area contributed by atoms with Crippen molar-refractivity contribution in [1.82, 2.24) is 9.88 Å². The average molecular weight is 245 g/mol. The number of piperidine rings is 1. The van der Waals surface area contributed by atoms with E-state index in [-0.39, 0.29) is 5.91 Å². The van der Waals surface area contributed by atoms with Crippen molar-refractivity contribution in [3.8, 4) is 0 Å². The zero-order chi connectivity index (χ0) is 10.7. The fraction of sp³-hybridized carbons (Fsp3) is 0.600. The van der Waals surface area contributed by atoms with Gasteiger partial charge in [-0.1, -0.05) is 0 Å². The number of rotatable bonds is 2. The summed E-state index contributed by atoms with van der Waals surface area (Å²) in [5.41, 5.74) is 2.26. The molecule has 1 aliphatic rings. The Bertz CT molecular complexity index is 328. The van der Waals surface area contributed by atoms with Crippen LogP contribution in [0.2, 0.25) is 0 Å². The number of halogens is 1. The molecule has 1 saturated heterocycles. The highest BCUT2D eigenvalue weighted by Gasteiger charge is 2.24. The number of likely N-dealkylation sites (tertiary alicyclic amines) is 1. The maximum Gasteiger partial charge on any atom is 0.273 e. The molecular weight excluding hydrogens is 232 g/mol. The molecule has 82 valence electrons. The number of carbonyl (C=O) groups is 1. The first-order chi connectivity index (χ1) is 7.31. The second-order valence-electron chi connectivity index (χ2n) is 3.79. The number of nitrogens with zero attached hydrogens (tertiary/aromatic N) is 2. The van der Waals surface area contributed by atoms with Crippen molar-refractivity contribution in [2.24, 2.45) is 5.92 Å². The normalized spacial score (nSPS) is 21.7. The van der Waals surface area contributed by atoms with Crippen molar-refractivity contribution < 1.29 is 4.79 Å². The number of alkyl halides is 1. The first kappa shape index (κ1) is 10.9. The van der Waals surface area contributed by atoms with Crippen molar-refractivity contribution in [2.75, 3.05) is 19.0 Å². The van der Waals surface area contributed by atoms with E-state index in [0.717, 1.165) is 25.9 Å². The summed E-state index contributed by atoms with van der Waals surface area (Å²) in [7, 11) is 0. The second-order valence-corrected chi connectivity index (χ2v) is 4.81. The maximum absolute atomic E-state index is 11.9. The van der Waals surface area contributed by atoms with Gasteiger partial charge in [-0.15, -0.1) is 22.9 Å². The van der Waals surface area contributed by atoms with E-state index in [1.165, 1.54) is 11.3 Å². The number of aromatic nitrogens is 1. The molecule has 1 fully saturated rings. The molecule has 1 aliphatic heterocycles. The number of hydrogen-bond acceptors (Lipinski definition) is 3. The van der Waals surface area contributed by atoms with Crippen molar-refractivity contribution >= 4 is 28.8 Å². The lowest BCUT2D eigenvalue weighted by molar-refractivity contribution is 0.0679. The van der Waals surface area contributed by atoms with E-state index in [9.17, 15) is 4.79 Å². The van der Waals surface area contributed by atoms with E-state index in [0.29, 0.717) is 17.5 Å². The zero-order valence-corrected chi connectivity index (χ0v) is 9.93. The third-order valence-electron chi connectivity index (χ3n) is 2.68. The van der Waals surface area contributed by atoms with Crippen LogP contribution >= 0.6 is 22.9 Å². The first-order valence-electron chi connectivity index (χ1n) is 5.04. The van der Waals surface area contributed by atoms with Gasteiger partial charge in [0.25, 0.3) is 5.91 Å².